The predicted molar refractivity (Wildman–Crippen MR) is 126 cm³/mol. The summed E-state index contributed by atoms with van der Waals surface area (Å²) in [6.07, 6.45) is 2.00. The minimum Gasteiger partial charge on any atom is -0.378 e. The van der Waals surface area contributed by atoms with E-state index in [-0.39, 0.29) is 24.4 Å². The van der Waals surface area contributed by atoms with Gasteiger partial charge in [-0.1, -0.05) is 0 Å². The van der Waals surface area contributed by atoms with Crippen LogP contribution in [0.1, 0.15) is 33.6 Å². The summed E-state index contributed by atoms with van der Waals surface area (Å²) >= 11 is 0. The van der Waals surface area contributed by atoms with Gasteiger partial charge in [0.25, 0.3) is 11.8 Å². The molecule has 10 heteroatoms. The molecule has 5 N–H and O–H groups in total. The molecule has 0 saturated carbocycles. The third kappa shape index (κ3) is 5.48. The Morgan fingerprint density at radius 1 is 1.06 bits per heavy atom. The first-order chi connectivity index (χ1) is 15.0. The number of amides is 2. The van der Waals surface area contributed by atoms with Crippen molar-refractivity contribution in [1.29, 1.82) is 0 Å². The number of morpholine rings is 1. The molecule has 2 amide bonds. The lowest BCUT2D eigenvalue weighted by Gasteiger charge is -2.32. The first-order valence-electron chi connectivity index (χ1n) is 10.6. The van der Waals surface area contributed by atoms with Crippen LogP contribution in [0.25, 0.3) is 0 Å². The molecule has 0 bridgehead atoms. The van der Waals surface area contributed by atoms with Gasteiger partial charge in [0, 0.05) is 43.5 Å². The van der Waals surface area contributed by atoms with Crippen molar-refractivity contribution in [2.75, 3.05) is 49.6 Å². The first kappa shape index (κ1) is 23.8. The van der Waals surface area contributed by atoms with Crippen molar-refractivity contribution in [3.05, 3.63) is 47.5 Å². The van der Waals surface area contributed by atoms with Crippen LogP contribution < -0.4 is 21.7 Å². The smallest absolute Gasteiger partial charge is 0.254 e. The molecule has 1 aromatic carbocycles. The number of primary amides is 1. The maximum atomic E-state index is 12.6. The molecular formula is C22H29ClN6O3. The van der Waals surface area contributed by atoms with E-state index in [4.69, 9.17) is 16.2 Å². The van der Waals surface area contributed by atoms with Crippen LogP contribution in [0, 0.1) is 0 Å². The number of hydrogen-bond donors (Lipinski definition) is 3. The minimum atomic E-state index is -0.559. The van der Waals surface area contributed by atoms with E-state index in [9.17, 15) is 9.59 Å². The van der Waals surface area contributed by atoms with E-state index in [2.05, 4.69) is 15.2 Å². The summed E-state index contributed by atoms with van der Waals surface area (Å²) in [5.41, 5.74) is 13.3. The number of ether oxygens (including phenoxy) is 1. The standard InChI is InChI=1S/C22H28N6O3.ClH/c23-16-2-1-9-28(14-16)19-8-7-18(20(24)29)21(26-19)25-17-5-3-15(4-6-17)22(30)27-10-12-31-13-11-27;/h3-8,16H,1-2,9-14,23H2,(H2,24,29)(H,25,26);1H/t16-;/m1./s1. The number of nitrogens with zero attached hydrogens (tertiary/aromatic N) is 3. The molecule has 9 nitrogen and oxygen atoms in total. The van der Waals surface area contributed by atoms with E-state index in [0.29, 0.717) is 48.9 Å². The number of aromatic nitrogens is 1. The second-order valence-corrected chi connectivity index (χ2v) is 7.89. The van der Waals surface area contributed by atoms with Crippen LogP contribution in [0.5, 0.6) is 0 Å². The molecule has 0 radical (unpaired) electrons. The Balaban J connectivity index is 0.00000289. The lowest BCUT2D eigenvalue weighted by atomic mass is 10.1. The zero-order chi connectivity index (χ0) is 21.8. The van der Waals surface area contributed by atoms with Gasteiger partial charge in [0.1, 0.15) is 11.6 Å². The quantitative estimate of drug-likeness (QED) is 0.620. The lowest BCUT2D eigenvalue weighted by Crippen LogP contribution is -2.43. The molecule has 0 spiro atoms. The van der Waals surface area contributed by atoms with Gasteiger partial charge in [-0.05, 0) is 49.2 Å². The van der Waals surface area contributed by atoms with Crippen LogP contribution in [0.3, 0.4) is 0 Å². The molecule has 2 aromatic rings. The fourth-order valence-corrected chi connectivity index (χ4v) is 3.92. The number of anilines is 3. The molecule has 2 saturated heterocycles. The first-order valence-corrected chi connectivity index (χ1v) is 10.6. The van der Waals surface area contributed by atoms with E-state index >= 15 is 0 Å². The highest BCUT2D eigenvalue weighted by atomic mass is 35.5. The summed E-state index contributed by atoms with van der Waals surface area (Å²) < 4.78 is 5.30. The number of piperidine rings is 1. The van der Waals surface area contributed by atoms with Crippen LogP contribution in [0.4, 0.5) is 17.3 Å². The highest BCUT2D eigenvalue weighted by molar-refractivity contribution is 5.99. The van der Waals surface area contributed by atoms with Gasteiger partial charge >= 0.3 is 0 Å². The molecule has 4 rings (SSSR count). The Hall–Kier alpha value is -2.88. The lowest BCUT2D eigenvalue weighted by molar-refractivity contribution is 0.0303. The van der Waals surface area contributed by atoms with Crippen molar-refractivity contribution in [2.45, 2.75) is 18.9 Å². The Labute approximate surface area is 193 Å². The number of halogens is 1. The van der Waals surface area contributed by atoms with Gasteiger partial charge in [-0.3, -0.25) is 9.59 Å². The highest BCUT2D eigenvalue weighted by Crippen LogP contribution is 2.25. The average Bonchev–Trinajstić information content (AvgIpc) is 2.79. The summed E-state index contributed by atoms with van der Waals surface area (Å²) in [6.45, 7) is 3.90. The van der Waals surface area contributed by atoms with E-state index in [1.807, 2.05) is 0 Å². The summed E-state index contributed by atoms with van der Waals surface area (Å²) in [6, 6.07) is 10.7. The van der Waals surface area contributed by atoms with E-state index in [1.165, 1.54) is 0 Å². The molecular weight excluding hydrogens is 432 g/mol. The zero-order valence-electron chi connectivity index (χ0n) is 17.8. The van der Waals surface area contributed by atoms with Crippen LogP contribution in [0.15, 0.2) is 36.4 Å². The maximum absolute atomic E-state index is 12.6. The topological polar surface area (TPSA) is 127 Å². The van der Waals surface area contributed by atoms with Gasteiger partial charge in [0.2, 0.25) is 0 Å². The molecule has 1 aromatic heterocycles. The van der Waals surface area contributed by atoms with Crippen LogP contribution >= 0.6 is 12.4 Å². The van der Waals surface area contributed by atoms with Crippen molar-refractivity contribution < 1.29 is 14.3 Å². The third-order valence-corrected chi connectivity index (χ3v) is 5.62. The van der Waals surface area contributed by atoms with Crippen molar-refractivity contribution in [1.82, 2.24) is 9.88 Å². The molecule has 2 fully saturated rings. The van der Waals surface area contributed by atoms with E-state index < -0.39 is 5.91 Å². The Kier molecular flexibility index (Phi) is 7.89. The van der Waals surface area contributed by atoms with Crippen molar-refractivity contribution in [2.24, 2.45) is 11.5 Å². The largest absolute Gasteiger partial charge is 0.378 e. The third-order valence-electron chi connectivity index (χ3n) is 5.62. The van der Waals surface area contributed by atoms with Gasteiger partial charge in [0.05, 0.1) is 18.8 Å². The fourth-order valence-electron chi connectivity index (χ4n) is 3.92. The summed E-state index contributed by atoms with van der Waals surface area (Å²) in [5, 5.41) is 3.18. The molecule has 2 aliphatic rings. The summed E-state index contributed by atoms with van der Waals surface area (Å²) in [7, 11) is 0. The monoisotopic (exact) mass is 460 g/mol. The summed E-state index contributed by atoms with van der Waals surface area (Å²) in [4.78, 5) is 33.1. The SMILES string of the molecule is Cl.NC(=O)c1ccc(N2CCC[C@@H](N)C2)nc1Nc1ccc(C(=O)N2CCOCC2)cc1. The second kappa shape index (κ2) is 10.6. The van der Waals surface area contributed by atoms with Gasteiger partial charge in [-0.25, -0.2) is 4.98 Å². The normalized spacial score (nSPS) is 18.6. The fraction of sp³-hybridized carbons (Fsp3) is 0.409. The van der Waals surface area contributed by atoms with E-state index in [1.54, 1.807) is 41.3 Å². The zero-order valence-corrected chi connectivity index (χ0v) is 18.6. The van der Waals surface area contributed by atoms with Gasteiger partial charge < -0.3 is 31.3 Å². The Bertz CT molecular complexity index is 949. The number of benzene rings is 1. The number of hydrogen-bond acceptors (Lipinski definition) is 7. The second-order valence-electron chi connectivity index (χ2n) is 7.89. The van der Waals surface area contributed by atoms with Crippen LogP contribution in [-0.4, -0.2) is 67.1 Å². The summed E-state index contributed by atoms with van der Waals surface area (Å²) in [5.74, 6) is 0.559. The number of pyridine rings is 1. The minimum absolute atomic E-state index is 0. The Morgan fingerprint density at radius 2 is 1.78 bits per heavy atom. The van der Waals surface area contributed by atoms with Crippen molar-refractivity contribution in [3.63, 3.8) is 0 Å². The van der Waals surface area contributed by atoms with Crippen LogP contribution in [-0.2, 0) is 4.74 Å². The molecule has 1 atom stereocenters. The van der Waals surface area contributed by atoms with Crippen LogP contribution in [0.2, 0.25) is 0 Å². The number of nitrogens with two attached hydrogens (primary N) is 2. The van der Waals surface area contributed by atoms with Crippen molar-refractivity contribution >= 4 is 41.5 Å². The number of carbonyl (C=O) groups is 2. The highest BCUT2D eigenvalue weighted by Gasteiger charge is 2.21. The van der Waals surface area contributed by atoms with Gasteiger partial charge in [0.15, 0.2) is 0 Å². The molecule has 0 aliphatic carbocycles. The average molecular weight is 461 g/mol. The molecule has 32 heavy (non-hydrogen) atoms. The number of rotatable bonds is 5. The number of nitrogens with one attached hydrogen (secondary N) is 1. The van der Waals surface area contributed by atoms with Gasteiger partial charge in [-0.15, -0.1) is 12.4 Å². The van der Waals surface area contributed by atoms with Gasteiger partial charge in [-0.2, -0.15) is 0 Å². The molecule has 172 valence electrons. The predicted octanol–water partition coefficient (Wildman–Crippen LogP) is 1.75. The number of carbonyl (C=O) groups excluding carboxylic acids is 2. The maximum Gasteiger partial charge on any atom is 0.254 e. The van der Waals surface area contributed by atoms with Crippen molar-refractivity contribution in [3.8, 4) is 0 Å². The van der Waals surface area contributed by atoms with E-state index in [0.717, 1.165) is 31.7 Å². The molecule has 0 unspecified atom stereocenters. The molecule has 3 heterocycles. The molecule has 2 aliphatic heterocycles. The Morgan fingerprint density at radius 3 is 2.44 bits per heavy atom.